The van der Waals surface area contributed by atoms with Crippen LogP contribution in [0.15, 0.2) is 27.6 Å². The van der Waals surface area contributed by atoms with E-state index in [1.54, 1.807) is 13.0 Å². The smallest absolute Gasteiger partial charge is 0.283 e. The maximum atomic E-state index is 13.2. The molecular weight excluding hydrogens is 392 g/mol. The number of amides is 1. The number of carbonyl (C=O) groups excluding carboxylic acids is 1. The molecule has 0 radical (unpaired) electrons. The summed E-state index contributed by atoms with van der Waals surface area (Å²) >= 11 is 0. The van der Waals surface area contributed by atoms with Gasteiger partial charge in [0.05, 0.1) is 31.1 Å². The first-order valence-corrected chi connectivity index (χ1v) is 11.2. The zero-order valence-electron chi connectivity index (χ0n) is 17.6. The Morgan fingerprint density at radius 3 is 2.24 bits per heavy atom. The fraction of sp³-hybridized carbons (Fsp3) is 0.500. The van der Waals surface area contributed by atoms with Crippen molar-refractivity contribution in [3.05, 3.63) is 40.6 Å². The number of aromatic nitrogens is 1. The largest absolute Gasteiger partial charge is 0.360 e. The normalized spacial score (nSPS) is 17.3. The van der Waals surface area contributed by atoms with Crippen LogP contribution in [0.1, 0.15) is 29.4 Å². The molecule has 2 heterocycles. The van der Waals surface area contributed by atoms with E-state index in [1.165, 1.54) is 4.31 Å². The molecule has 1 aliphatic heterocycles. The highest BCUT2D eigenvalue weighted by molar-refractivity contribution is 7.89. The summed E-state index contributed by atoms with van der Waals surface area (Å²) in [5, 5.41) is 6.53. The third kappa shape index (κ3) is 4.52. The van der Waals surface area contributed by atoms with Crippen LogP contribution >= 0.6 is 0 Å². The van der Waals surface area contributed by atoms with Crippen molar-refractivity contribution in [3.8, 4) is 0 Å². The molecule has 158 valence electrons. The molecule has 0 saturated carbocycles. The van der Waals surface area contributed by atoms with Crippen molar-refractivity contribution in [2.45, 2.75) is 45.6 Å². The van der Waals surface area contributed by atoms with Crippen LogP contribution < -0.4 is 10.2 Å². The highest BCUT2D eigenvalue weighted by Crippen LogP contribution is 2.25. The second-order valence-electron chi connectivity index (χ2n) is 7.82. The van der Waals surface area contributed by atoms with Crippen molar-refractivity contribution in [2.75, 3.05) is 31.5 Å². The van der Waals surface area contributed by atoms with Gasteiger partial charge in [0.25, 0.3) is 5.91 Å². The second kappa shape index (κ2) is 8.25. The zero-order valence-corrected chi connectivity index (χ0v) is 18.4. The second-order valence-corrected chi connectivity index (χ2v) is 9.70. The average molecular weight is 422 g/mol. The number of nitrogens with zero attached hydrogens (tertiary/aromatic N) is 2. The van der Waals surface area contributed by atoms with Crippen LogP contribution in [0.4, 0.5) is 5.82 Å². The van der Waals surface area contributed by atoms with E-state index < -0.39 is 10.0 Å². The van der Waals surface area contributed by atoms with Crippen molar-refractivity contribution in [2.24, 2.45) is 0 Å². The minimum absolute atomic E-state index is 0.158. The van der Waals surface area contributed by atoms with E-state index in [2.05, 4.69) is 10.5 Å². The van der Waals surface area contributed by atoms with Gasteiger partial charge >= 0.3 is 0 Å². The molecule has 1 saturated heterocycles. The molecule has 0 aliphatic carbocycles. The first-order valence-electron chi connectivity index (χ1n) is 9.76. The number of hydrogen-bond donors (Lipinski definition) is 2. The Bertz CT molecular complexity index is 984. The Morgan fingerprint density at radius 2 is 1.72 bits per heavy atom. The summed E-state index contributed by atoms with van der Waals surface area (Å²) in [5.41, 5.74) is 2.59. The molecule has 2 aromatic rings. The summed E-state index contributed by atoms with van der Waals surface area (Å²) in [6.45, 7) is 11.1. The zero-order chi connectivity index (χ0) is 21.3. The van der Waals surface area contributed by atoms with Crippen molar-refractivity contribution < 1.29 is 22.6 Å². The molecule has 2 N–H and O–H groups in total. The van der Waals surface area contributed by atoms with E-state index >= 15 is 0 Å². The summed E-state index contributed by atoms with van der Waals surface area (Å²) in [6, 6.07) is 5.15. The van der Waals surface area contributed by atoms with Crippen LogP contribution in [0.2, 0.25) is 0 Å². The molecule has 1 aliphatic rings. The fourth-order valence-electron chi connectivity index (χ4n) is 3.99. The number of anilines is 1. The van der Waals surface area contributed by atoms with E-state index in [4.69, 9.17) is 4.52 Å². The highest BCUT2D eigenvalue weighted by Gasteiger charge is 2.35. The van der Waals surface area contributed by atoms with Gasteiger partial charge in [0, 0.05) is 6.07 Å². The minimum atomic E-state index is -3.56. The monoisotopic (exact) mass is 421 g/mol. The standard InChI is InChI=1S/C20H28N4O4S/c1-13-10-14(2)19(15(3)11-13)29(26,27)24-8-6-23(7-9-24)17(5)20(25)21-18-12-16(4)28-22-18/h10-12,17H,6-9H2,1-5H3,(H,21,22,25)/p+1/t17-/m1/s1. The topological polar surface area (TPSA) is 97.0 Å². The predicted octanol–water partition coefficient (Wildman–Crippen LogP) is 0.825. The third-order valence-electron chi connectivity index (χ3n) is 5.45. The summed E-state index contributed by atoms with van der Waals surface area (Å²) in [7, 11) is -3.56. The molecular formula is C20H29N4O4S+. The van der Waals surface area contributed by atoms with Gasteiger partial charge in [-0.05, 0) is 45.7 Å². The maximum absolute atomic E-state index is 13.2. The Labute approximate surface area is 171 Å². The molecule has 1 atom stereocenters. The lowest BCUT2D eigenvalue weighted by Gasteiger charge is -2.34. The Morgan fingerprint density at radius 1 is 1.14 bits per heavy atom. The Kier molecular flexibility index (Phi) is 6.11. The summed E-state index contributed by atoms with van der Waals surface area (Å²) < 4.78 is 32.9. The van der Waals surface area contributed by atoms with E-state index in [-0.39, 0.29) is 11.9 Å². The molecule has 1 fully saturated rings. The van der Waals surface area contributed by atoms with Gasteiger partial charge in [0.2, 0.25) is 10.0 Å². The quantitative estimate of drug-likeness (QED) is 0.745. The predicted molar refractivity (Wildman–Crippen MR) is 109 cm³/mol. The van der Waals surface area contributed by atoms with E-state index in [1.807, 2.05) is 39.8 Å². The molecule has 0 bridgehead atoms. The molecule has 1 aromatic carbocycles. The molecule has 1 aromatic heterocycles. The molecule has 9 heteroatoms. The van der Waals surface area contributed by atoms with Crippen molar-refractivity contribution in [3.63, 3.8) is 0 Å². The van der Waals surface area contributed by atoms with Crippen LogP contribution in [0.25, 0.3) is 0 Å². The Hall–Kier alpha value is -2.23. The highest BCUT2D eigenvalue weighted by atomic mass is 32.2. The number of sulfonamides is 1. The van der Waals surface area contributed by atoms with E-state index in [0.29, 0.717) is 42.7 Å². The SMILES string of the molecule is Cc1cc(C)c(S(=O)(=O)N2CC[NH+]([C@H](C)C(=O)Nc3cc(C)on3)CC2)c(C)c1. The van der Waals surface area contributed by atoms with Gasteiger partial charge in [-0.25, -0.2) is 8.42 Å². The number of carbonyl (C=O) groups is 1. The van der Waals surface area contributed by atoms with E-state index in [9.17, 15) is 13.2 Å². The van der Waals surface area contributed by atoms with Crippen molar-refractivity contribution in [1.29, 1.82) is 0 Å². The van der Waals surface area contributed by atoms with Gasteiger partial charge in [-0.3, -0.25) is 4.79 Å². The fourth-order valence-corrected chi connectivity index (χ4v) is 5.85. The number of aryl methyl sites for hydroxylation is 4. The van der Waals surface area contributed by atoms with Crippen molar-refractivity contribution >= 4 is 21.7 Å². The lowest BCUT2D eigenvalue weighted by atomic mass is 10.1. The average Bonchev–Trinajstić information content (AvgIpc) is 3.04. The maximum Gasteiger partial charge on any atom is 0.283 e. The van der Waals surface area contributed by atoms with Crippen LogP contribution in [0, 0.1) is 27.7 Å². The van der Waals surface area contributed by atoms with Gasteiger partial charge in [0.1, 0.15) is 5.76 Å². The molecule has 0 unspecified atom stereocenters. The van der Waals surface area contributed by atoms with Crippen LogP contribution in [-0.4, -0.2) is 56.0 Å². The molecule has 1 amide bonds. The lowest BCUT2D eigenvalue weighted by Crippen LogP contribution is -3.19. The van der Waals surface area contributed by atoms with Crippen LogP contribution in [-0.2, 0) is 14.8 Å². The third-order valence-corrected chi connectivity index (χ3v) is 7.66. The van der Waals surface area contributed by atoms with E-state index in [0.717, 1.165) is 21.6 Å². The molecule has 8 nitrogen and oxygen atoms in total. The summed E-state index contributed by atoms with van der Waals surface area (Å²) in [4.78, 5) is 13.9. The van der Waals surface area contributed by atoms with Gasteiger partial charge in [0.15, 0.2) is 11.9 Å². The summed E-state index contributed by atoms with van der Waals surface area (Å²) in [6.07, 6.45) is 0. The van der Waals surface area contributed by atoms with Gasteiger partial charge in [-0.2, -0.15) is 4.31 Å². The van der Waals surface area contributed by atoms with Gasteiger partial charge < -0.3 is 14.7 Å². The van der Waals surface area contributed by atoms with Gasteiger partial charge in [-0.15, -0.1) is 0 Å². The minimum Gasteiger partial charge on any atom is -0.360 e. The number of quaternary nitrogens is 1. The summed E-state index contributed by atoms with van der Waals surface area (Å²) in [5.74, 6) is 0.862. The molecule has 3 rings (SSSR count). The number of benzene rings is 1. The molecule has 0 spiro atoms. The van der Waals surface area contributed by atoms with Crippen LogP contribution in [0.5, 0.6) is 0 Å². The first-order chi connectivity index (χ1) is 13.6. The first kappa shape index (κ1) is 21.5. The number of piperazine rings is 1. The molecule has 29 heavy (non-hydrogen) atoms. The van der Waals surface area contributed by atoms with Crippen LogP contribution in [0.3, 0.4) is 0 Å². The Balaban J connectivity index is 1.66. The van der Waals surface area contributed by atoms with Crippen molar-refractivity contribution in [1.82, 2.24) is 9.46 Å². The lowest BCUT2D eigenvalue weighted by molar-refractivity contribution is -0.917. The number of hydrogen-bond acceptors (Lipinski definition) is 5. The van der Waals surface area contributed by atoms with Gasteiger partial charge in [-0.1, -0.05) is 22.9 Å². The number of rotatable bonds is 5. The number of nitrogens with one attached hydrogen (secondary N) is 2.